The molecular weight excluding hydrogens is 410 g/mol. The molecule has 2 heterocycles. The van der Waals surface area contributed by atoms with Crippen LogP contribution in [0.2, 0.25) is 0 Å². The third-order valence-electron chi connectivity index (χ3n) is 5.39. The van der Waals surface area contributed by atoms with E-state index in [0.29, 0.717) is 5.56 Å². The van der Waals surface area contributed by atoms with Crippen molar-refractivity contribution >= 4 is 21.8 Å². The summed E-state index contributed by atoms with van der Waals surface area (Å²) in [5.74, 6) is 0. The molecule has 1 aromatic carbocycles. The summed E-state index contributed by atoms with van der Waals surface area (Å²) in [4.78, 5) is 1.81. The maximum absolute atomic E-state index is 12.5. The second-order valence-electron chi connectivity index (χ2n) is 7.53. The molecule has 1 aromatic rings. The summed E-state index contributed by atoms with van der Waals surface area (Å²) in [6.07, 6.45) is -0.350. The lowest BCUT2D eigenvalue weighted by Gasteiger charge is -2.35. The largest absolute Gasteiger partial charge is 0.388 e. The second kappa shape index (κ2) is 9.87. The molecule has 10 heteroatoms. The van der Waals surface area contributed by atoms with Gasteiger partial charge in [-0.15, -0.1) is 0 Å². The molecule has 4 atom stereocenters. The third-order valence-corrected chi connectivity index (χ3v) is 6.73. The Labute approximate surface area is 176 Å². The lowest BCUT2D eigenvalue weighted by Crippen LogP contribution is -2.56. The molecule has 2 saturated heterocycles. The Hall–Kier alpha value is -2.00. The van der Waals surface area contributed by atoms with Gasteiger partial charge in [-0.3, -0.25) is 0 Å². The first-order chi connectivity index (χ1) is 14.3. The quantitative estimate of drug-likeness (QED) is 0.453. The van der Waals surface area contributed by atoms with Crippen molar-refractivity contribution in [3.63, 3.8) is 0 Å². The summed E-state index contributed by atoms with van der Waals surface area (Å²) < 4.78 is 32.4. The smallest absolute Gasteiger partial charge is 0.250 e. The second-order valence-corrected chi connectivity index (χ2v) is 9.27. The number of anilines is 1. The first kappa shape index (κ1) is 22.7. The van der Waals surface area contributed by atoms with Gasteiger partial charge in [0.05, 0.1) is 12.7 Å². The van der Waals surface area contributed by atoms with Crippen LogP contribution in [-0.2, 0) is 14.8 Å². The van der Waals surface area contributed by atoms with E-state index in [2.05, 4.69) is 9.62 Å². The maximum Gasteiger partial charge on any atom is 0.250 e. The lowest BCUT2D eigenvalue weighted by molar-refractivity contribution is -0.184. The summed E-state index contributed by atoms with van der Waals surface area (Å²) in [6.45, 7) is 1.42. The van der Waals surface area contributed by atoms with Crippen LogP contribution in [0.5, 0.6) is 0 Å². The highest BCUT2D eigenvalue weighted by Gasteiger charge is 2.38. The molecule has 0 amide bonds. The van der Waals surface area contributed by atoms with Gasteiger partial charge in [0.25, 0.3) is 10.0 Å². The van der Waals surface area contributed by atoms with Crippen LogP contribution in [0.4, 0.5) is 5.69 Å². The van der Waals surface area contributed by atoms with Gasteiger partial charge in [0, 0.05) is 25.3 Å². The molecule has 164 valence electrons. The van der Waals surface area contributed by atoms with Crippen LogP contribution >= 0.6 is 0 Å². The fraction of sp³-hybridized carbons (Fsp3) is 0.550. The van der Waals surface area contributed by atoms with Gasteiger partial charge in [0.15, 0.2) is 4.91 Å². The highest BCUT2D eigenvalue weighted by atomic mass is 32.2. The number of hydrogen-bond acceptors (Lipinski definition) is 8. The van der Waals surface area contributed by atoms with Crippen molar-refractivity contribution < 1.29 is 28.5 Å². The van der Waals surface area contributed by atoms with Crippen LogP contribution in [0, 0.1) is 11.3 Å². The van der Waals surface area contributed by atoms with Crippen LogP contribution in [-0.4, -0.2) is 74.4 Å². The molecule has 2 aliphatic rings. The number of rotatable bonds is 6. The molecule has 0 spiro atoms. The molecule has 2 aliphatic heterocycles. The summed E-state index contributed by atoms with van der Waals surface area (Å²) in [7, 11) is -4.15. The molecular formula is C20H27N3O6S. The maximum atomic E-state index is 12.5. The van der Waals surface area contributed by atoms with E-state index in [1.807, 2.05) is 12.1 Å². The fourth-order valence-electron chi connectivity index (χ4n) is 3.57. The van der Waals surface area contributed by atoms with E-state index >= 15 is 0 Å². The zero-order valence-electron chi connectivity index (χ0n) is 16.5. The number of allylic oxidation sites excluding steroid dienone is 1. The minimum atomic E-state index is -4.15. The van der Waals surface area contributed by atoms with Crippen molar-refractivity contribution in [3.05, 3.63) is 34.7 Å². The highest BCUT2D eigenvalue weighted by molar-refractivity contribution is 7.93. The lowest BCUT2D eigenvalue weighted by atomic mass is 10.0. The molecule has 0 saturated carbocycles. The van der Waals surface area contributed by atoms with Gasteiger partial charge in [0.1, 0.15) is 24.4 Å². The molecule has 2 fully saturated rings. The van der Waals surface area contributed by atoms with Gasteiger partial charge in [-0.1, -0.05) is 12.1 Å². The number of nitriles is 1. The molecule has 3 rings (SSSR count). The number of sulfonamides is 1. The average molecular weight is 438 g/mol. The minimum absolute atomic E-state index is 0.227. The molecule has 0 aliphatic carbocycles. The Morgan fingerprint density at radius 2 is 1.83 bits per heavy atom. The number of nitrogens with one attached hydrogen (secondary N) is 1. The van der Waals surface area contributed by atoms with Crippen LogP contribution in [0.15, 0.2) is 29.2 Å². The summed E-state index contributed by atoms with van der Waals surface area (Å²) in [6, 6.07) is 9.04. The van der Waals surface area contributed by atoms with Gasteiger partial charge in [0.2, 0.25) is 0 Å². The van der Waals surface area contributed by atoms with Crippen molar-refractivity contribution in [1.29, 1.82) is 5.26 Å². The fourth-order valence-corrected chi connectivity index (χ4v) is 4.52. The molecule has 30 heavy (non-hydrogen) atoms. The normalized spacial score (nSPS) is 28.2. The molecule has 4 N–H and O–H groups in total. The summed E-state index contributed by atoms with van der Waals surface area (Å²) in [5.41, 5.74) is 1.64. The van der Waals surface area contributed by atoms with Crippen LogP contribution in [0.1, 0.15) is 24.8 Å². The van der Waals surface area contributed by atoms with Gasteiger partial charge >= 0.3 is 0 Å². The van der Waals surface area contributed by atoms with Crippen molar-refractivity contribution in [2.45, 2.75) is 43.7 Å². The summed E-state index contributed by atoms with van der Waals surface area (Å²) >= 11 is 0. The SMILES string of the molecule is N#CC(=Cc1ccc(N2CCCCC2)cc1)S(=O)(=O)NCC1OCC(O)C(O)C1O. The number of aliphatic hydroxyl groups is 3. The van der Waals surface area contributed by atoms with Crippen LogP contribution < -0.4 is 9.62 Å². The predicted octanol–water partition coefficient (Wildman–Crippen LogP) is -0.0577. The Morgan fingerprint density at radius 1 is 1.17 bits per heavy atom. The number of benzene rings is 1. The van der Waals surface area contributed by atoms with E-state index < -0.39 is 39.3 Å². The number of hydrogen-bond donors (Lipinski definition) is 4. The van der Waals surface area contributed by atoms with E-state index in [-0.39, 0.29) is 13.2 Å². The molecule has 0 aromatic heterocycles. The van der Waals surface area contributed by atoms with Gasteiger partial charge in [-0.25, -0.2) is 13.1 Å². The van der Waals surface area contributed by atoms with Crippen LogP contribution in [0.3, 0.4) is 0 Å². The van der Waals surface area contributed by atoms with Crippen molar-refractivity contribution in [3.8, 4) is 6.07 Å². The predicted molar refractivity (Wildman–Crippen MR) is 111 cm³/mol. The summed E-state index contributed by atoms with van der Waals surface area (Å²) in [5, 5.41) is 38.4. The van der Waals surface area contributed by atoms with Gasteiger partial charge in [-0.2, -0.15) is 5.26 Å². The van der Waals surface area contributed by atoms with E-state index in [4.69, 9.17) is 4.74 Å². The van der Waals surface area contributed by atoms with Gasteiger partial charge in [-0.05, 0) is 43.0 Å². The zero-order chi connectivity index (χ0) is 21.7. The zero-order valence-corrected chi connectivity index (χ0v) is 17.3. The highest BCUT2D eigenvalue weighted by Crippen LogP contribution is 2.22. The number of nitrogens with zero attached hydrogens (tertiary/aromatic N) is 2. The van der Waals surface area contributed by atoms with Crippen LogP contribution in [0.25, 0.3) is 6.08 Å². The minimum Gasteiger partial charge on any atom is -0.388 e. The topological polar surface area (TPSA) is 143 Å². The monoisotopic (exact) mass is 437 g/mol. The Morgan fingerprint density at radius 3 is 2.47 bits per heavy atom. The number of ether oxygens (including phenoxy) is 1. The van der Waals surface area contributed by atoms with Gasteiger partial charge < -0.3 is 25.0 Å². The molecule has 4 unspecified atom stereocenters. The van der Waals surface area contributed by atoms with Crippen molar-refractivity contribution in [1.82, 2.24) is 4.72 Å². The first-order valence-electron chi connectivity index (χ1n) is 9.94. The Bertz CT molecular complexity index is 890. The Kier molecular flexibility index (Phi) is 7.46. The Balaban J connectivity index is 1.66. The molecule has 0 radical (unpaired) electrons. The van der Waals surface area contributed by atoms with E-state index in [1.54, 1.807) is 18.2 Å². The van der Waals surface area contributed by atoms with E-state index in [9.17, 15) is 29.0 Å². The number of aliphatic hydroxyl groups excluding tert-OH is 3. The molecule has 0 bridgehead atoms. The van der Waals surface area contributed by atoms with E-state index in [1.165, 1.54) is 12.5 Å². The average Bonchev–Trinajstić information content (AvgIpc) is 2.76. The van der Waals surface area contributed by atoms with E-state index in [0.717, 1.165) is 31.6 Å². The third kappa shape index (κ3) is 5.37. The van der Waals surface area contributed by atoms with Crippen molar-refractivity contribution in [2.24, 2.45) is 0 Å². The molecule has 9 nitrogen and oxygen atoms in total. The first-order valence-corrected chi connectivity index (χ1v) is 11.4. The van der Waals surface area contributed by atoms with Crippen molar-refractivity contribution in [2.75, 3.05) is 31.1 Å². The number of piperidine rings is 1. The standard InChI is InChI=1S/C20H27N3O6S/c21-11-16(10-14-4-6-15(7-5-14)23-8-2-1-3-9-23)30(27,28)22-12-18-20(26)19(25)17(24)13-29-18/h4-7,10,17-20,22,24-26H,1-3,8-9,12-13H2.